The first-order valence-electron chi connectivity index (χ1n) is 6.67. The van der Waals surface area contributed by atoms with E-state index in [1.54, 1.807) is 6.92 Å². The van der Waals surface area contributed by atoms with Gasteiger partial charge in [-0.2, -0.15) is 4.37 Å². The predicted octanol–water partition coefficient (Wildman–Crippen LogP) is 2.00. The van der Waals surface area contributed by atoms with E-state index >= 15 is 0 Å². The number of hydrogen-bond donors (Lipinski definition) is 3. The van der Waals surface area contributed by atoms with Crippen LogP contribution in [0.5, 0.6) is 0 Å². The third-order valence-electron chi connectivity index (χ3n) is 3.42. The number of nitrogens with zero attached hydrogens (tertiary/aromatic N) is 2. The Morgan fingerprint density at radius 2 is 2.05 bits per heavy atom. The maximum absolute atomic E-state index is 11.8. The van der Waals surface area contributed by atoms with E-state index in [1.165, 1.54) is 0 Å². The Morgan fingerprint density at radius 3 is 2.60 bits per heavy atom. The van der Waals surface area contributed by atoms with Crippen molar-refractivity contribution in [3.63, 3.8) is 0 Å². The quantitative estimate of drug-likeness (QED) is 0.788. The molecule has 0 spiro atoms. The van der Waals surface area contributed by atoms with E-state index in [0.29, 0.717) is 11.0 Å². The monoisotopic (exact) mass is 298 g/mol. The van der Waals surface area contributed by atoms with Crippen LogP contribution in [0.3, 0.4) is 0 Å². The first-order valence-corrected chi connectivity index (χ1v) is 7.44. The van der Waals surface area contributed by atoms with Gasteiger partial charge in [-0.3, -0.25) is 5.32 Å². The summed E-state index contributed by atoms with van der Waals surface area (Å²) in [5.74, 6) is -0.406. The van der Waals surface area contributed by atoms with Gasteiger partial charge in [0.2, 0.25) is 5.13 Å². The van der Waals surface area contributed by atoms with Crippen molar-refractivity contribution >= 4 is 28.7 Å². The zero-order chi connectivity index (χ0) is 14.5. The molecule has 20 heavy (non-hydrogen) atoms. The Balaban J connectivity index is 1.93. The number of amides is 2. The average molecular weight is 298 g/mol. The second kappa shape index (κ2) is 6.65. The van der Waals surface area contributed by atoms with Crippen molar-refractivity contribution < 1.29 is 14.7 Å². The molecule has 8 heteroatoms. The highest BCUT2D eigenvalue weighted by atomic mass is 32.1. The van der Waals surface area contributed by atoms with Crippen LogP contribution in [-0.4, -0.2) is 32.5 Å². The number of carbonyl (C=O) groups excluding carboxylic acids is 1. The fraction of sp³-hybridized carbons (Fsp3) is 0.667. The minimum atomic E-state index is -0.986. The van der Waals surface area contributed by atoms with E-state index in [4.69, 9.17) is 0 Å². The third-order valence-corrected chi connectivity index (χ3v) is 4.14. The Hall–Kier alpha value is -1.70. The van der Waals surface area contributed by atoms with E-state index in [1.807, 2.05) is 0 Å². The number of aryl methyl sites for hydroxylation is 1. The van der Waals surface area contributed by atoms with Crippen LogP contribution < -0.4 is 10.6 Å². The number of rotatable bonds is 4. The summed E-state index contributed by atoms with van der Waals surface area (Å²) in [6.07, 6.45) is 4.87. The smallest absolute Gasteiger partial charge is 0.326 e. The molecule has 1 heterocycles. The van der Waals surface area contributed by atoms with Crippen LogP contribution in [0.1, 0.15) is 37.9 Å². The fourth-order valence-electron chi connectivity index (χ4n) is 2.47. The molecule has 2 amide bonds. The second-order valence-electron chi connectivity index (χ2n) is 4.96. The van der Waals surface area contributed by atoms with Gasteiger partial charge in [0.05, 0.1) is 0 Å². The number of aromatic nitrogens is 2. The summed E-state index contributed by atoms with van der Waals surface area (Å²) >= 11 is 1.07. The zero-order valence-electron chi connectivity index (χ0n) is 11.3. The lowest BCUT2D eigenvalue weighted by atomic mass is 9.84. The van der Waals surface area contributed by atoms with Crippen molar-refractivity contribution in [1.82, 2.24) is 14.7 Å². The normalized spacial score (nSPS) is 17.4. The van der Waals surface area contributed by atoms with Gasteiger partial charge >= 0.3 is 12.0 Å². The topological polar surface area (TPSA) is 104 Å². The van der Waals surface area contributed by atoms with Crippen molar-refractivity contribution in [2.24, 2.45) is 5.92 Å². The van der Waals surface area contributed by atoms with Crippen LogP contribution in [0.15, 0.2) is 0 Å². The summed E-state index contributed by atoms with van der Waals surface area (Å²) in [5.41, 5.74) is 0. The molecule has 1 fully saturated rings. The summed E-state index contributed by atoms with van der Waals surface area (Å²) in [4.78, 5) is 27.2. The molecule has 2 rings (SSSR count). The molecule has 3 N–H and O–H groups in total. The van der Waals surface area contributed by atoms with Gasteiger partial charge in [-0.1, -0.05) is 19.3 Å². The number of hydrogen-bond acceptors (Lipinski definition) is 5. The highest BCUT2D eigenvalue weighted by Crippen LogP contribution is 2.26. The van der Waals surface area contributed by atoms with E-state index in [2.05, 4.69) is 20.0 Å². The van der Waals surface area contributed by atoms with Crippen LogP contribution in [0.2, 0.25) is 0 Å². The molecule has 0 radical (unpaired) electrons. The highest BCUT2D eigenvalue weighted by Gasteiger charge is 2.30. The van der Waals surface area contributed by atoms with Crippen molar-refractivity contribution in [1.29, 1.82) is 0 Å². The Bertz CT molecular complexity index is 485. The number of carboxylic acids is 1. The molecule has 7 nitrogen and oxygen atoms in total. The maximum Gasteiger partial charge on any atom is 0.326 e. The summed E-state index contributed by atoms with van der Waals surface area (Å²) in [6.45, 7) is 1.72. The molecule has 1 aliphatic rings. The molecule has 1 aromatic heterocycles. The van der Waals surface area contributed by atoms with Gasteiger partial charge in [-0.05, 0) is 25.7 Å². The van der Waals surface area contributed by atoms with E-state index in [0.717, 1.165) is 43.6 Å². The molecule has 1 aliphatic carbocycles. The molecule has 0 bridgehead atoms. The molecule has 1 atom stereocenters. The molecule has 0 aromatic carbocycles. The van der Waals surface area contributed by atoms with Gasteiger partial charge in [-0.15, -0.1) is 0 Å². The third kappa shape index (κ3) is 3.89. The first-order chi connectivity index (χ1) is 9.56. The lowest BCUT2D eigenvalue weighted by Crippen LogP contribution is -2.48. The summed E-state index contributed by atoms with van der Waals surface area (Å²) in [6, 6.07) is -1.39. The molecule has 1 unspecified atom stereocenters. The van der Waals surface area contributed by atoms with Crippen LogP contribution in [0.4, 0.5) is 9.93 Å². The van der Waals surface area contributed by atoms with Gasteiger partial charge in [0, 0.05) is 11.5 Å². The molecule has 110 valence electrons. The number of aliphatic carboxylic acids is 1. The number of nitrogens with one attached hydrogen (secondary N) is 2. The lowest BCUT2D eigenvalue weighted by molar-refractivity contribution is -0.141. The molecular formula is C12H18N4O3S. The first kappa shape index (κ1) is 14.7. The predicted molar refractivity (Wildman–Crippen MR) is 74.8 cm³/mol. The number of carboxylic acid groups (broad SMARTS) is 1. The zero-order valence-corrected chi connectivity index (χ0v) is 12.1. The van der Waals surface area contributed by atoms with E-state index in [-0.39, 0.29) is 5.92 Å². The largest absolute Gasteiger partial charge is 0.480 e. The van der Waals surface area contributed by atoms with Gasteiger partial charge in [-0.25, -0.2) is 14.6 Å². The van der Waals surface area contributed by atoms with Gasteiger partial charge in [0.15, 0.2) is 0 Å². The Kier molecular flexibility index (Phi) is 4.89. The van der Waals surface area contributed by atoms with Crippen molar-refractivity contribution in [2.75, 3.05) is 5.32 Å². The van der Waals surface area contributed by atoms with E-state index in [9.17, 15) is 14.7 Å². The standard InChI is InChI=1S/C12H18N4O3S/c1-7-13-12(20-16-7)15-11(19)14-9(10(17)18)8-5-3-2-4-6-8/h8-9H,2-6H2,1H3,(H,17,18)(H2,13,14,15,16,19). The fourth-order valence-corrected chi connectivity index (χ4v) is 3.04. The van der Waals surface area contributed by atoms with Gasteiger partial charge in [0.1, 0.15) is 11.9 Å². The van der Waals surface area contributed by atoms with E-state index < -0.39 is 18.0 Å². The minimum Gasteiger partial charge on any atom is -0.480 e. The summed E-state index contributed by atoms with van der Waals surface area (Å²) < 4.78 is 3.95. The molecule has 0 saturated heterocycles. The maximum atomic E-state index is 11.8. The van der Waals surface area contributed by atoms with Crippen molar-refractivity contribution in [2.45, 2.75) is 45.1 Å². The van der Waals surface area contributed by atoms with Gasteiger partial charge < -0.3 is 10.4 Å². The minimum absolute atomic E-state index is 0.00292. The number of anilines is 1. The van der Waals surface area contributed by atoms with Gasteiger partial charge in [0.25, 0.3) is 0 Å². The van der Waals surface area contributed by atoms with Crippen LogP contribution in [0, 0.1) is 12.8 Å². The molecular weight excluding hydrogens is 280 g/mol. The second-order valence-corrected chi connectivity index (χ2v) is 5.71. The number of carbonyl (C=O) groups is 2. The Labute approximate surface area is 121 Å². The van der Waals surface area contributed by atoms with Crippen molar-refractivity contribution in [3.05, 3.63) is 5.82 Å². The van der Waals surface area contributed by atoms with Crippen molar-refractivity contribution in [3.8, 4) is 0 Å². The molecule has 0 aliphatic heterocycles. The summed E-state index contributed by atoms with van der Waals surface area (Å²) in [5, 5.41) is 14.7. The van der Waals surface area contributed by atoms with Crippen LogP contribution in [-0.2, 0) is 4.79 Å². The SMILES string of the molecule is Cc1nsc(NC(=O)NC(C(=O)O)C2CCCCC2)n1. The van der Waals surface area contributed by atoms with Crippen LogP contribution in [0.25, 0.3) is 0 Å². The number of urea groups is 1. The highest BCUT2D eigenvalue weighted by molar-refractivity contribution is 7.09. The summed E-state index contributed by atoms with van der Waals surface area (Å²) in [7, 11) is 0. The van der Waals surface area contributed by atoms with Crippen LogP contribution >= 0.6 is 11.5 Å². The molecule has 1 aromatic rings. The average Bonchev–Trinajstić information content (AvgIpc) is 2.82. The molecule has 1 saturated carbocycles. The Morgan fingerprint density at radius 1 is 1.35 bits per heavy atom. The lowest BCUT2D eigenvalue weighted by Gasteiger charge is -2.27.